The number of likely N-dealkylation sites (tertiary alicyclic amines) is 1. The number of H-pyrrole nitrogens is 1. The van der Waals surface area contributed by atoms with Crippen LogP contribution >= 0.6 is 15.9 Å². The third-order valence-corrected chi connectivity index (χ3v) is 4.64. The van der Waals surface area contributed by atoms with E-state index in [1.54, 1.807) is 6.20 Å². The van der Waals surface area contributed by atoms with Crippen LogP contribution in [0.3, 0.4) is 0 Å². The first-order valence-electron chi connectivity index (χ1n) is 7.25. The number of carbonyl (C=O) groups excluding carboxylic acids is 1. The Labute approximate surface area is 130 Å². The van der Waals surface area contributed by atoms with Gasteiger partial charge in [0.15, 0.2) is 0 Å². The molecule has 1 saturated carbocycles. The van der Waals surface area contributed by atoms with Crippen molar-refractivity contribution in [2.45, 2.75) is 31.2 Å². The predicted molar refractivity (Wildman–Crippen MR) is 80.0 cm³/mol. The standard InChI is InChI=1S/C14H16BrN5O/c15-10-6-16-20(7-10)11-3-4-19(8-11)14(21)13-5-12(17-18-13)9-1-2-9/h5-7,9,11H,1-4,8H2,(H,17,18). The zero-order valence-corrected chi connectivity index (χ0v) is 13.1. The highest BCUT2D eigenvalue weighted by Crippen LogP contribution is 2.39. The minimum atomic E-state index is 0.0203. The van der Waals surface area contributed by atoms with Crippen LogP contribution in [0.4, 0.5) is 0 Å². The number of hydrogen-bond donors (Lipinski definition) is 1. The first-order chi connectivity index (χ1) is 10.2. The maximum atomic E-state index is 12.5. The van der Waals surface area contributed by atoms with E-state index in [4.69, 9.17) is 0 Å². The second kappa shape index (κ2) is 4.98. The summed E-state index contributed by atoms with van der Waals surface area (Å²) in [5.41, 5.74) is 1.64. The SMILES string of the molecule is O=C(c1cc(C2CC2)[nH]n1)N1CCC(n2cc(Br)cn2)C1. The average molecular weight is 350 g/mol. The molecule has 1 unspecified atom stereocenters. The number of halogens is 1. The lowest BCUT2D eigenvalue weighted by molar-refractivity contribution is 0.0781. The van der Waals surface area contributed by atoms with Crippen molar-refractivity contribution >= 4 is 21.8 Å². The number of aromatic nitrogens is 4. The molecule has 6 nitrogen and oxygen atoms in total. The van der Waals surface area contributed by atoms with E-state index in [0.717, 1.165) is 23.1 Å². The lowest BCUT2D eigenvalue weighted by Crippen LogP contribution is -2.29. The third kappa shape index (κ3) is 2.50. The highest BCUT2D eigenvalue weighted by atomic mass is 79.9. The summed E-state index contributed by atoms with van der Waals surface area (Å²) in [6.07, 6.45) is 7.07. The molecule has 1 aliphatic heterocycles. The van der Waals surface area contributed by atoms with Gasteiger partial charge in [0.05, 0.1) is 16.7 Å². The second-order valence-corrected chi connectivity index (χ2v) is 6.73. The Morgan fingerprint density at radius 3 is 2.95 bits per heavy atom. The first-order valence-corrected chi connectivity index (χ1v) is 8.04. The Hall–Kier alpha value is -1.63. The fourth-order valence-electron chi connectivity index (χ4n) is 2.87. The smallest absolute Gasteiger partial charge is 0.274 e. The predicted octanol–water partition coefficient (Wildman–Crippen LogP) is 2.33. The molecule has 0 aromatic carbocycles. The van der Waals surface area contributed by atoms with E-state index < -0.39 is 0 Å². The zero-order chi connectivity index (χ0) is 14.4. The first kappa shape index (κ1) is 13.1. The van der Waals surface area contributed by atoms with Crippen LogP contribution in [0.2, 0.25) is 0 Å². The van der Waals surface area contributed by atoms with Crippen LogP contribution in [0, 0.1) is 0 Å². The second-order valence-electron chi connectivity index (χ2n) is 5.82. The molecule has 0 radical (unpaired) electrons. The molecular weight excluding hydrogens is 334 g/mol. The fraction of sp³-hybridized carbons (Fsp3) is 0.500. The number of rotatable bonds is 3. The Bertz CT molecular complexity index is 674. The average Bonchev–Trinajstić information content (AvgIpc) is 2.94. The maximum absolute atomic E-state index is 12.5. The van der Waals surface area contributed by atoms with Crippen molar-refractivity contribution in [3.63, 3.8) is 0 Å². The molecule has 2 aromatic heterocycles. The zero-order valence-electron chi connectivity index (χ0n) is 11.5. The van der Waals surface area contributed by atoms with Crippen molar-refractivity contribution in [1.82, 2.24) is 24.9 Å². The highest BCUT2D eigenvalue weighted by Gasteiger charge is 2.31. The monoisotopic (exact) mass is 349 g/mol. The van der Waals surface area contributed by atoms with Gasteiger partial charge in [-0.3, -0.25) is 14.6 Å². The number of amides is 1. The molecule has 1 atom stereocenters. The molecule has 21 heavy (non-hydrogen) atoms. The fourth-order valence-corrected chi connectivity index (χ4v) is 3.17. The van der Waals surface area contributed by atoms with Crippen LogP contribution in [0.15, 0.2) is 22.9 Å². The van der Waals surface area contributed by atoms with Gasteiger partial charge >= 0.3 is 0 Å². The molecule has 110 valence electrons. The van der Waals surface area contributed by atoms with Gasteiger partial charge in [-0.15, -0.1) is 0 Å². The minimum absolute atomic E-state index is 0.0203. The number of carbonyl (C=O) groups is 1. The Balaban J connectivity index is 1.45. The molecule has 2 aliphatic rings. The minimum Gasteiger partial charge on any atom is -0.335 e. The van der Waals surface area contributed by atoms with E-state index in [0.29, 0.717) is 18.2 Å². The number of hydrogen-bond acceptors (Lipinski definition) is 3. The van der Waals surface area contributed by atoms with Gasteiger partial charge in [-0.1, -0.05) is 0 Å². The summed E-state index contributed by atoms with van der Waals surface area (Å²) in [5.74, 6) is 0.610. The van der Waals surface area contributed by atoms with Gasteiger partial charge in [0.25, 0.3) is 5.91 Å². The lowest BCUT2D eigenvalue weighted by atomic mass is 10.2. The van der Waals surface area contributed by atoms with Crippen LogP contribution < -0.4 is 0 Å². The summed E-state index contributed by atoms with van der Waals surface area (Å²) in [6, 6.07) is 2.17. The van der Waals surface area contributed by atoms with E-state index >= 15 is 0 Å². The van der Waals surface area contributed by atoms with Crippen molar-refractivity contribution in [2.24, 2.45) is 0 Å². The van der Waals surface area contributed by atoms with Crippen molar-refractivity contribution in [3.05, 3.63) is 34.3 Å². The summed E-state index contributed by atoms with van der Waals surface area (Å²) in [5, 5.41) is 11.5. The van der Waals surface area contributed by atoms with Gasteiger partial charge in [0.1, 0.15) is 5.69 Å². The molecule has 1 amide bonds. The molecule has 0 spiro atoms. The van der Waals surface area contributed by atoms with Gasteiger partial charge in [0, 0.05) is 30.9 Å². The molecule has 1 N–H and O–H groups in total. The normalized spacial score (nSPS) is 22.0. The molecule has 7 heteroatoms. The largest absolute Gasteiger partial charge is 0.335 e. The van der Waals surface area contributed by atoms with Crippen LogP contribution in [-0.4, -0.2) is 43.9 Å². The molecule has 4 rings (SSSR count). The Morgan fingerprint density at radius 2 is 2.24 bits per heavy atom. The molecule has 1 aliphatic carbocycles. The summed E-state index contributed by atoms with van der Waals surface area (Å²) >= 11 is 3.40. The maximum Gasteiger partial charge on any atom is 0.274 e. The molecule has 0 bridgehead atoms. The highest BCUT2D eigenvalue weighted by molar-refractivity contribution is 9.10. The van der Waals surface area contributed by atoms with Gasteiger partial charge in [-0.25, -0.2) is 0 Å². The third-order valence-electron chi connectivity index (χ3n) is 4.23. The van der Waals surface area contributed by atoms with Crippen LogP contribution in [0.25, 0.3) is 0 Å². The summed E-state index contributed by atoms with van der Waals surface area (Å²) in [4.78, 5) is 14.4. The number of aromatic amines is 1. The number of nitrogens with one attached hydrogen (secondary N) is 1. The van der Waals surface area contributed by atoms with E-state index in [1.165, 1.54) is 12.8 Å². The van der Waals surface area contributed by atoms with Crippen molar-refractivity contribution in [1.29, 1.82) is 0 Å². The number of nitrogens with zero attached hydrogens (tertiary/aromatic N) is 4. The van der Waals surface area contributed by atoms with Gasteiger partial charge < -0.3 is 4.90 Å². The van der Waals surface area contributed by atoms with Crippen LogP contribution in [-0.2, 0) is 0 Å². The van der Waals surface area contributed by atoms with Gasteiger partial charge in [-0.05, 0) is 41.3 Å². The van der Waals surface area contributed by atoms with E-state index in [1.807, 2.05) is 21.8 Å². The van der Waals surface area contributed by atoms with E-state index in [2.05, 4.69) is 31.2 Å². The van der Waals surface area contributed by atoms with Crippen molar-refractivity contribution in [3.8, 4) is 0 Å². The molecule has 1 saturated heterocycles. The van der Waals surface area contributed by atoms with Crippen molar-refractivity contribution < 1.29 is 4.79 Å². The summed E-state index contributed by atoms with van der Waals surface area (Å²) < 4.78 is 2.89. The van der Waals surface area contributed by atoms with Crippen molar-refractivity contribution in [2.75, 3.05) is 13.1 Å². The van der Waals surface area contributed by atoms with Gasteiger partial charge in [0.2, 0.25) is 0 Å². The summed E-state index contributed by atoms with van der Waals surface area (Å²) in [7, 11) is 0. The van der Waals surface area contributed by atoms with Crippen LogP contribution in [0.5, 0.6) is 0 Å². The molecule has 2 aromatic rings. The quantitative estimate of drug-likeness (QED) is 0.924. The van der Waals surface area contributed by atoms with E-state index in [9.17, 15) is 4.79 Å². The topological polar surface area (TPSA) is 66.8 Å². The molecular formula is C14H16BrN5O. The lowest BCUT2D eigenvalue weighted by Gasteiger charge is -2.15. The molecule has 3 heterocycles. The Morgan fingerprint density at radius 1 is 1.38 bits per heavy atom. The van der Waals surface area contributed by atoms with Crippen LogP contribution in [0.1, 0.15) is 47.4 Å². The van der Waals surface area contributed by atoms with Gasteiger partial charge in [-0.2, -0.15) is 10.2 Å². The summed E-state index contributed by atoms with van der Waals surface area (Å²) in [6.45, 7) is 1.45. The Kier molecular flexibility index (Phi) is 3.10. The van der Waals surface area contributed by atoms with E-state index in [-0.39, 0.29) is 11.9 Å². The molecule has 2 fully saturated rings.